The lowest BCUT2D eigenvalue weighted by Crippen LogP contribution is -2.37. The van der Waals surface area contributed by atoms with Crippen molar-refractivity contribution in [3.8, 4) is 0 Å². The van der Waals surface area contributed by atoms with Gasteiger partial charge in [-0.1, -0.05) is 35.3 Å². The second-order valence-electron chi connectivity index (χ2n) is 5.23. The van der Waals surface area contributed by atoms with Gasteiger partial charge in [0.2, 0.25) is 15.9 Å². The van der Waals surface area contributed by atoms with Gasteiger partial charge in [0.15, 0.2) is 0 Å². The van der Waals surface area contributed by atoms with Crippen LogP contribution < -0.4 is 9.62 Å². The molecule has 0 aliphatic heterocycles. The first-order valence-electron chi connectivity index (χ1n) is 6.97. The molecular formula is C16H16Cl2N2O3S. The third-order valence-corrected chi connectivity index (χ3v) is 4.95. The van der Waals surface area contributed by atoms with Crippen LogP contribution >= 0.6 is 23.2 Å². The maximum atomic E-state index is 12.3. The molecule has 0 fully saturated rings. The minimum absolute atomic E-state index is 0.249. The summed E-state index contributed by atoms with van der Waals surface area (Å²) >= 11 is 11.9. The summed E-state index contributed by atoms with van der Waals surface area (Å²) < 4.78 is 25.1. The zero-order chi connectivity index (χ0) is 17.9. The number of anilines is 2. The number of benzene rings is 2. The minimum atomic E-state index is -3.68. The van der Waals surface area contributed by atoms with E-state index in [2.05, 4.69) is 5.32 Å². The summed E-state index contributed by atoms with van der Waals surface area (Å²) in [5.41, 5.74) is 1.60. The summed E-state index contributed by atoms with van der Waals surface area (Å²) in [5.74, 6) is -0.481. The molecule has 1 N–H and O–H groups in total. The number of carbonyl (C=O) groups is 1. The second-order valence-corrected chi connectivity index (χ2v) is 7.98. The molecule has 128 valence electrons. The lowest BCUT2D eigenvalue weighted by molar-refractivity contribution is -0.114. The molecule has 0 spiro atoms. The second kappa shape index (κ2) is 7.42. The van der Waals surface area contributed by atoms with Crippen LogP contribution in [0.15, 0.2) is 42.5 Å². The van der Waals surface area contributed by atoms with E-state index in [-0.39, 0.29) is 17.3 Å². The Labute approximate surface area is 151 Å². The molecule has 0 saturated carbocycles. The van der Waals surface area contributed by atoms with Gasteiger partial charge in [0.05, 0.1) is 17.0 Å². The van der Waals surface area contributed by atoms with Crippen molar-refractivity contribution in [3.05, 3.63) is 58.1 Å². The molecule has 8 heteroatoms. The number of halogens is 2. The first kappa shape index (κ1) is 18.6. The van der Waals surface area contributed by atoms with Crippen molar-refractivity contribution in [1.29, 1.82) is 0 Å². The number of hydrogen-bond acceptors (Lipinski definition) is 3. The van der Waals surface area contributed by atoms with Crippen LogP contribution in [0.4, 0.5) is 11.4 Å². The highest BCUT2D eigenvalue weighted by molar-refractivity contribution is 7.92. The molecule has 1 amide bonds. The van der Waals surface area contributed by atoms with E-state index in [1.54, 1.807) is 49.4 Å². The van der Waals surface area contributed by atoms with Gasteiger partial charge >= 0.3 is 0 Å². The molecule has 0 aliphatic rings. The van der Waals surface area contributed by atoms with Gasteiger partial charge in [-0.05, 0) is 42.8 Å². The minimum Gasteiger partial charge on any atom is -0.324 e. The maximum Gasteiger partial charge on any atom is 0.245 e. The highest BCUT2D eigenvalue weighted by atomic mass is 35.5. The molecule has 5 nitrogen and oxygen atoms in total. The number of nitrogens with zero attached hydrogens (tertiary/aromatic N) is 1. The Morgan fingerprint density at radius 1 is 1.17 bits per heavy atom. The highest BCUT2D eigenvalue weighted by Gasteiger charge is 2.23. The number of nitrogens with one attached hydrogen (secondary N) is 1. The quantitative estimate of drug-likeness (QED) is 0.851. The molecular weight excluding hydrogens is 371 g/mol. The SMILES string of the molecule is Cc1cc(Cl)ccc1NC(=O)CN(c1ccccc1Cl)S(C)(=O)=O. The van der Waals surface area contributed by atoms with E-state index in [9.17, 15) is 13.2 Å². The number of sulfonamides is 1. The third kappa shape index (κ3) is 4.63. The molecule has 24 heavy (non-hydrogen) atoms. The first-order valence-corrected chi connectivity index (χ1v) is 9.57. The Hall–Kier alpha value is -1.76. The predicted molar refractivity (Wildman–Crippen MR) is 98.5 cm³/mol. The van der Waals surface area contributed by atoms with Gasteiger partial charge in [0, 0.05) is 10.7 Å². The first-order chi connectivity index (χ1) is 11.2. The topological polar surface area (TPSA) is 66.5 Å². The summed E-state index contributed by atoms with van der Waals surface area (Å²) in [6.07, 6.45) is 1.02. The Bertz CT molecular complexity index is 869. The molecule has 0 unspecified atom stereocenters. The monoisotopic (exact) mass is 386 g/mol. The third-order valence-electron chi connectivity index (χ3n) is 3.27. The van der Waals surface area contributed by atoms with Crippen molar-refractivity contribution in [2.24, 2.45) is 0 Å². The Morgan fingerprint density at radius 2 is 1.83 bits per heavy atom. The van der Waals surface area contributed by atoms with Crippen LogP contribution in [0.5, 0.6) is 0 Å². The van der Waals surface area contributed by atoms with Crippen LogP contribution in [0.25, 0.3) is 0 Å². The standard InChI is InChI=1S/C16H16Cl2N2O3S/c1-11-9-12(17)7-8-14(11)19-16(21)10-20(24(2,22)23)15-6-4-3-5-13(15)18/h3-9H,10H2,1-2H3,(H,19,21). The summed E-state index contributed by atoms with van der Waals surface area (Å²) in [4.78, 5) is 12.3. The molecule has 2 aromatic rings. The number of para-hydroxylation sites is 1. The fourth-order valence-corrected chi connectivity index (χ4v) is 3.51. The Morgan fingerprint density at radius 3 is 2.42 bits per heavy atom. The Balaban J connectivity index is 2.24. The van der Waals surface area contributed by atoms with E-state index in [0.29, 0.717) is 10.7 Å². The van der Waals surface area contributed by atoms with Crippen molar-refractivity contribution >= 4 is 50.5 Å². The van der Waals surface area contributed by atoms with Crippen LogP contribution in [0.2, 0.25) is 10.0 Å². The molecule has 0 radical (unpaired) electrons. The van der Waals surface area contributed by atoms with E-state index >= 15 is 0 Å². The molecule has 0 aliphatic carbocycles. The van der Waals surface area contributed by atoms with Gasteiger partial charge in [-0.2, -0.15) is 0 Å². The van der Waals surface area contributed by atoms with Crippen LogP contribution in [-0.2, 0) is 14.8 Å². The number of aryl methyl sites for hydroxylation is 1. The van der Waals surface area contributed by atoms with E-state index in [4.69, 9.17) is 23.2 Å². The molecule has 0 heterocycles. The average molecular weight is 387 g/mol. The van der Waals surface area contributed by atoms with Gasteiger partial charge in [-0.3, -0.25) is 9.10 Å². The van der Waals surface area contributed by atoms with Gasteiger partial charge in [-0.15, -0.1) is 0 Å². The fourth-order valence-electron chi connectivity index (χ4n) is 2.12. The van der Waals surface area contributed by atoms with Gasteiger partial charge < -0.3 is 5.32 Å². The summed E-state index contributed by atoms with van der Waals surface area (Å²) in [6.45, 7) is 1.41. The molecule has 0 atom stereocenters. The maximum absolute atomic E-state index is 12.3. The van der Waals surface area contributed by atoms with Crippen molar-refractivity contribution in [2.75, 3.05) is 22.4 Å². The zero-order valence-corrected chi connectivity index (χ0v) is 15.4. The number of carbonyl (C=O) groups excluding carboxylic acids is 1. The molecule has 0 bridgehead atoms. The van der Waals surface area contributed by atoms with Crippen LogP contribution in [0.3, 0.4) is 0 Å². The number of rotatable bonds is 5. The van der Waals surface area contributed by atoms with Crippen molar-refractivity contribution in [3.63, 3.8) is 0 Å². The fraction of sp³-hybridized carbons (Fsp3) is 0.188. The summed E-state index contributed by atoms with van der Waals surface area (Å²) in [6, 6.07) is 11.5. The lowest BCUT2D eigenvalue weighted by atomic mass is 10.2. The number of hydrogen-bond donors (Lipinski definition) is 1. The smallest absolute Gasteiger partial charge is 0.245 e. The zero-order valence-electron chi connectivity index (χ0n) is 13.1. The summed E-state index contributed by atoms with van der Waals surface area (Å²) in [5, 5.41) is 3.49. The van der Waals surface area contributed by atoms with Gasteiger partial charge in [0.25, 0.3) is 0 Å². The molecule has 2 rings (SSSR count). The normalized spacial score (nSPS) is 11.2. The van der Waals surface area contributed by atoms with Crippen molar-refractivity contribution < 1.29 is 13.2 Å². The number of amides is 1. The van der Waals surface area contributed by atoms with E-state index in [0.717, 1.165) is 16.1 Å². The predicted octanol–water partition coefficient (Wildman–Crippen LogP) is 3.71. The van der Waals surface area contributed by atoms with Crippen molar-refractivity contribution in [1.82, 2.24) is 0 Å². The van der Waals surface area contributed by atoms with E-state index < -0.39 is 15.9 Å². The van der Waals surface area contributed by atoms with Crippen LogP contribution in [0.1, 0.15) is 5.56 Å². The van der Waals surface area contributed by atoms with E-state index in [1.165, 1.54) is 0 Å². The highest BCUT2D eigenvalue weighted by Crippen LogP contribution is 2.27. The Kier molecular flexibility index (Phi) is 5.74. The largest absolute Gasteiger partial charge is 0.324 e. The lowest BCUT2D eigenvalue weighted by Gasteiger charge is -2.23. The average Bonchev–Trinajstić information content (AvgIpc) is 2.47. The molecule has 0 aromatic heterocycles. The molecule has 0 saturated heterocycles. The van der Waals surface area contributed by atoms with Crippen LogP contribution in [0, 0.1) is 6.92 Å². The summed E-state index contributed by atoms with van der Waals surface area (Å²) in [7, 11) is -3.68. The van der Waals surface area contributed by atoms with Gasteiger partial charge in [0.1, 0.15) is 6.54 Å². The molecule has 2 aromatic carbocycles. The van der Waals surface area contributed by atoms with Gasteiger partial charge in [-0.25, -0.2) is 8.42 Å². The van der Waals surface area contributed by atoms with E-state index in [1.807, 2.05) is 0 Å². The van der Waals surface area contributed by atoms with Crippen molar-refractivity contribution in [2.45, 2.75) is 6.92 Å². The van der Waals surface area contributed by atoms with Crippen LogP contribution in [-0.4, -0.2) is 27.1 Å².